The molecule has 0 spiro atoms. The lowest BCUT2D eigenvalue weighted by Gasteiger charge is -2.36. The van der Waals surface area contributed by atoms with E-state index in [0.29, 0.717) is 23.9 Å². The number of fused-ring (bicyclic) bond motifs is 2. The topological polar surface area (TPSA) is 61.4 Å². The Morgan fingerprint density at radius 2 is 1.91 bits per heavy atom. The Bertz CT molecular complexity index is 557. The van der Waals surface area contributed by atoms with Gasteiger partial charge in [0.25, 0.3) is 0 Å². The molecule has 1 aromatic rings. The van der Waals surface area contributed by atoms with Crippen LogP contribution in [0.15, 0.2) is 0 Å². The van der Waals surface area contributed by atoms with Crippen LogP contribution in [0, 0.1) is 12.8 Å². The maximum Gasteiger partial charge on any atom is 0.222 e. The van der Waals surface area contributed by atoms with Crippen LogP contribution < -0.4 is 10.2 Å². The van der Waals surface area contributed by atoms with Crippen molar-refractivity contribution in [2.24, 2.45) is 5.92 Å². The van der Waals surface area contributed by atoms with Crippen molar-refractivity contribution >= 4 is 22.6 Å². The van der Waals surface area contributed by atoms with E-state index in [1.165, 1.54) is 37.2 Å². The highest BCUT2D eigenvalue weighted by molar-refractivity contribution is 7.09. The normalized spacial score (nSPS) is 30.7. The van der Waals surface area contributed by atoms with E-state index in [1.54, 1.807) is 0 Å². The minimum atomic E-state index is 0.351. The van der Waals surface area contributed by atoms with Crippen LogP contribution in [-0.4, -0.2) is 58.4 Å². The zero-order chi connectivity index (χ0) is 15.8. The van der Waals surface area contributed by atoms with Gasteiger partial charge in [0.2, 0.25) is 11.0 Å². The average Bonchev–Trinajstić information content (AvgIpc) is 3.13. The number of aryl methyl sites for hydroxylation is 1. The Labute approximate surface area is 141 Å². The van der Waals surface area contributed by atoms with E-state index < -0.39 is 0 Å². The lowest BCUT2D eigenvalue weighted by atomic mass is 9.89. The lowest BCUT2D eigenvalue weighted by molar-refractivity contribution is -0.132. The molecule has 4 rings (SSSR count). The summed E-state index contributed by atoms with van der Waals surface area (Å²) in [7, 11) is 0. The average molecular weight is 335 g/mol. The van der Waals surface area contributed by atoms with Crippen molar-refractivity contribution in [1.29, 1.82) is 0 Å². The Balaban J connectivity index is 1.27. The summed E-state index contributed by atoms with van der Waals surface area (Å²) in [4.78, 5) is 21.4. The predicted molar refractivity (Wildman–Crippen MR) is 90.7 cm³/mol. The zero-order valence-corrected chi connectivity index (χ0v) is 14.5. The van der Waals surface area contributed by atoms with E-state index in [9.17, 15) is 4.79 Å². The van der Waals surface area contributed by atoms with E-state index in [2.05, 4.69) is 19.6 Å². The van der Waals surface area contributed by atoms with Crippen LogP contribution >= 0.6 is 11.5 Å². The van der Waals surface area contributed by atoms with Crippen molar-refractivity contribution in [3.8, 4) is 0 Å². The second-order valence-electron chi connectivity index (χ2n) is 7.17. The molecule has 6 nitrogen and oxygen atoms in total. The van der Waals surface area contributed by atoms with E-state index in [0.717, 1.165) is 43.6 Å². The Hall–Kier alpha value is -1.21. The second-order valence-corrected chi connectivity index (χ2v) is 7.90. The molecular weight excluding hydrogens is 310 g/mol. The molecule has 3 aliphatic rings. The third-order valence-electron chi connectivity index (χ3n) is 5.45. The molecule has 1 aromatic heterocycles. The van der Waals surface area contributed by atoms with E-state index >= 15 is 0 Å². The molecule has 2 bridgehead atoms. The molecule has 126 valence electrons. The summed E-state index contributed by atoms with van der Waals surface area (Å²) < 4.78 is 4.25. The van der Waals surface area contributed by atoms with E-state index in [4.69, 9.17) is 0 Å². The highest BCUT2D eigenvalue weighted by Gasteiger charge is 2.35. The maximum absolute atomic E-state index is 12.6. The van der Waals surface area contributed by atoms with Crippen molar-refractivity contribution in [2.45, 2.75) is 51.1 Å². The van der Waals surface area contributed by atoms with Crippen LogP contribution in [0.1, 0.15) is 37.9 Å². The Morgan fingerprint density at radius 1 is 1.22 bits per heavy atom. The molecule has 0 aromatic carbocycles. The first-order valence-corrected chi connectivity index (χ1v) is 9.54. The molecule has 0 saturated carbocycles. The molecule has 3 saturated heterocycles. The number of piperidine rings is 1. The number of carbonyl (C=O) groups is 1. The Kier molecular flexibility index (Phi) is 4.24. The van der Waals surface area contributed by atoms with Crippen LogP contribution in [0.2, 0.25) is 0 Å². The summed E-state index contributed by atoms with van der Waals surface area (Å²) in [5.41, 5.74) is 0. The van der Waals surface area contributed by atoms with Crippen LogP contribution in [-0.2, 0) is 4.79 Å². The third kappa shape index (κ3) is 3.35. The fourth-order valence-electron chi connectivity index (χ4n) is 4.28. The summed E-state index contributed by atoms with van der Waals surface area (Å²) >= 11 is 1.46. The number of amides is 1. The number of hydrogen-bond donors (Lipinski definition) is 1. The number of aromatic nitrogens is 2. The van der Waals surface area contributed by atoms with Crippen molar-refractivity contribution in [3.63, 3.8) is 0 Å². The smallest absolute Gasteiger partial charge is 0.222 e. The molecule has 2 atom stereocenters. The lowest BCUT2D eigenvalue weighted by Crippen LogP contribution is -2.49. The fraction of sp³-hybridized carbons (Fsp3) is 0.812. The van der Waals surface area contributed by atoms with Crippen LogP contribution in [0.5, 0.6) is 0 Å². The summed E-state index contributed by atoms with van der Waals surface area (Å²) in [6, 6.07) is 1.34. The molecule has 0 radical (unpaired) electrons. The monoisotopic (exact) mass is 335 g/mol. The van der Waals surface area contributed by atoms with E-state index in [-0.39, 0.29) is 0 Å². The summed E-state index contributed by atoms with van der Waals surface area (Å²) in [6.07, 6.45) is 5.72. The van der Waals surface area contributed by atoms with Gasteiger partial charge in [0.1, 0.15) is 5.82 Å². The minimum Gasteiger partial charge on any atom is -0.343 e. The van der Waals surface area contributed by atoms with Crippen molar-refractivity contribution in [1.82, 2.24) is 19.6 Å². The molecule has 3 aliphatic heterocycles. The van der Waals surface area contributed by atoms with Gasteiger partial charge in [0.05, 0.1) is 0 Å². The summed E-state index contributed by atoms with van der Waals surface area (Å²) in [6.45, 7) is 5.30. The quantitative estimate of drug-likeness (QED) is 0.905. The van der Waals surface area contributed by atoms with Crippen molar-refractivity contribution in [2.75, 3.05) is 31.1 Å². The first kappa shape index (κ1) is 15.3. The first-order valence-electron chi connectivity index (χ1n) is 8.76. The molecule has 0 aliphatic carbocycles. The van der Waals surface area contributed by atoms with Gasteiger partial charge in [0, 0.05) is 56.2 Å². The summed E-state index contributed by atoms with van der Waals surface area (Å²) in [5.74, 6) is 1.78. The zero-order valence-electron chi connectivity index (χ0n) is 13.7. The van der Waals surface area contributed by atoms with E-state index in [1.807, 2.05) is 11.8 Å². The van der Waals surface area contributed by atoms with Gasteiger partial charge in [-0.3, -0.25) is 4.79 Å². The highest BCUT2D eigenvalue weighted by Crippen LogP contribution is 2.33. The number of rotatable bonds is 3. The number of carbonyl (C=O) groups excluding carboxylic acids is 1. The van der Waals surface area contributed by atoms with Crippen molar-refractivity contribution in [3.05, 3.63) is 5.82 Å². The van der Waals surface area contributed by atoms with Crippen molar-refractivity contribution < 1.29 is 4.79 Å². The molecule has 23 heavy (non-hydrogen) atoms. The number of piperazine rings is 1. The molecular formula is C16H25N5OS. The number of hydrogen-bond acceptors (Lipinski definition) is 6. The van der Waals surface area contributed by atoms with Crippen LogP contribution in [0.3, 0.4) is 0 Å². The van der Waals surface area contributed by atoms with Crippen LogP contribution in [0.25, 0.3) is 0 Å². The largest absolute Gasteiger partial charge is 0.343 e. The van der Waals surface area contributed by atoms with Gasteiger partial charge in [-0.15, -0.1) is 0 Å². The SMILES string of the molecule is Cc1nsc(N2CCN(C(=O)CC3CC4CCC(C3)N4)CC2)n1. The van der Waals surface area contributed by atoms with Gasteiger partial charge in [-0.1, -0.05) is 0 Å². The molecule has 7 heteroatoms. The first-order chi connectivity index (χ1) is 11.2. The van der Waals surface area contributed by atoms with Gasteiger partial charge in [-0.25, -0.2) is 4.98 Å². The number of nitrogens with zero attached hydrogens (tertiary/aromatic N) is 4. The molecule has 2 unspecified atom stereocenters. The van der Waals surface area contributed by atoms with Gasteiger partial charge >= 0.3 is 0 Å². The van der Waals surface area contributed by atoms with Gasteiger partial charge in [0.15, 0.2) is 0 Å². The predicted octanol–water partition coefficient (Wildman–Crippen LogP) is 1.42. The highest BCUT2D eigenvalue weighted by atomic mass is 32.1. The Morgan fingerprint density at radius 3 is 2.52 bits per heavy atom. The second kappa shape index (κ2) is 6.36. The molecule has 1 amide bonds. The molecule has 1 N–H and O–H groups in total. The number of anilines is 1. The third-order valence-corrected chi connectivity index (χ3v) is 6.32. The van der Waals surface area contributed by atoms with Gasteiger partial charge in [-0.2, -0.15) is 4.37 Å². The summed E-state index contributed by atoms with van der Waals surface area (Å²) in [5, 5.41) is 4.65. The van der Waals surface area contributed by atoms with Gasteiger partial charge in [-0.05, 0) is 38.5 Å². The standard InChI is InChI=1S/C16H25N5OS/c1-11-17-16(23-19-11)21-6-4-20(5-7-21)15(22)10-12-8-13-2-3-14(9-12)18-13/h12-14,18H,2-10H2,1H3. The fourth-order valence-corrected chi connectivity index (χ4v) is 5.01. The molecule has 3 fully saturated rings. The minimum absolute atomic E-state index is 0.351. The molecule has 4 heterocycles. The van der Waals surface area contributed by atoms with Gasteiger partial charge < -0.3 is 15.1 Å². The number of nitrogens with one attached hydrogen (secondary N) is 1. The maximum atomic E-state index is 12.6. The van der Waals surface area contributed by atoms with Crippen LogP contribution in [0.4, 0.5) is 5.13 Å².